The minimum Gasteiger partial charge on any atom is -0.300 e. The molecule has 2 heterocycles. The third-order valence-corrected chi connectivity index (χ3v) is 3.40. The Morgan fingerprint density at radius 3 is 3.07 bits per heavy atom. The number of hydrogen-bond donors (Lipinski definition) is 0. The van der Waals surface area contributed by atoms with Crippen LogP contribution < -0.4 is 0 Å². The fourth-order valence-electron chi connectivity index (χ4n) is 2.60. The van der Waals surface area contributed by atoms with Crippen molar-refractivity contribution in [2.45, 2.75) is 32.2 Å². The van der Waals surface area contributed by atoms with E-state index in [0.717, 1.165) is 12.5 Å². The summed E-state index contributed by atoms with van der Waals surface area (Å²) in [6.45, 7) is 8.25. The van der Waals surface area contributed by atoms with Gasteiger partial charge >= 0.3 is 0 Å². The Kier molecular flexibility index (Phi) is 3.44. The largest absolute Gasteiger partial charge is 0.300 e. The lowest BCUT2D eigenvalue weighted by atomic mass is 10.1. The molecule has 14 heavy (non-hydrogen) atoms. The van der Waals surface area contributed by atoms with Crippen LogP contribution in [0.2, 0.25) is 0 Å². The summed E-state index contributed by atoms with van der Waals surface area (Å²) >= 11 is 0. The van der Waals surface area contributed by atoms with E-state index in [1.807, 2.05) is 6.92 Å². The SMILES string of the molecule is CC#CCCN1CCN2CCCC2C1. The van der Waals surface area contributed by atoms with Crippen molar-refractivity contribution < 1.29 is 0 Å². The molecular formula is C12H20N2. The van der Waals surface area contributed by atoms with Crippen molar-refractivity contribution in [3.05, 3.63) is 0 Å². The number of piperazine rings is 1. The smallest absolute Gasteiger partial charge is 0.0224 e. The normalized spacial score (nSPS) is 28.2. The lowest BCUT2D eigenvalue weighted by Crippen LogP contribution is -2.50. The Labute approximate surface area is 87.3 Å². The van der Waals surface area contributed by atoms with Crippen LogP contribution in [0.5, 0.6) is 0 Å². The number of rotatable bonds is 2. The molecular weight excluding hydrogens is 172 g/mol. The Hall–Kier alpha value is -0.520. The van der Waals surface area contributed by atoms with Gasteiger partial charge in [0.05, 0.1) is 0 Å². The first-order valence-corrected chi connectivity index (χ1v) is 5.76. The van der Waals surface area contributed by atoms with E-state index in [0.29, 0.717) is 0 Å². The molecule has 2 saturated heterocycles. The molecule has 2 aliphatic rings. The summed E-state index contributed by atoms with van der Waals surface area (Å²) in [5, 5.41) is 0. The predicted molar refractivity (Wildman–Crippen MR) is 59.1 cm³/mol. The third-order valence-electron chi connectivity index (χ3n) is 3.40. The molecule has 0 amide bonds. The van der Waals surface area contributed by atoms with Crippen molar-refractivity contribution in [2.75, 3.05) is 32.7 Å². The van der Waals surface area contributed by atoms with Gasteiger partial charge < -0.3 is 0 Å². The zero-order valence-corrected chi connectivity index (χ0v) is 9.13. The van der Waals surface area contributed by atoms with Crippen molar-refractivity contribution in [3.8, 4) is 11.8 Å². The first-order valence-electron chi connectivity index (χ1n) is 5.76. The average molecular weight is 192 g/mol. The lowest BCUT2D eigenvalue weighted by Gasteiger charge is -2.37. The van der Waals surface area contributed by atoms with E-state index in [2.05, 4.69) is 21.6 Å². The van der Waals surface area contributed by atoms with E-state index in [4.69, 9.17) is 0 Å². The van der Waals surface area contributed by atoms with Gasteiger partial charge in [0, 0.05) is 38.6 Å². The van der Waals surface area contributed by atoms with Gasteiger partial charge in [-0.2, -0.15) is 0 Å². The zero-order valence-electron chi connectivity index (χ0n) is 9.13. The van der Waals surface area contributed by atoms with Crippen molar-refractivity contribution >= 4 is 0 Å². The molecule has 0 bridgehead atoms. The Morgan fingerprint density at radius 2 is 2.21 bits per heavy atom. The molecule has 0 spiro atoms. The molecule has 0 aromatic carbocycles. The lowest BCUT2D eigenvalue weighted by molar-refractivity contribution is 0.106. The van der Waals surface area contributed by atoms with Gasteiger partial charge in [-0.05, 0) is 26.3 Å². The highest BCUT2D eigenvalue weighted by Crippen LogP contribution is 2.21. The Balaban J connectivity index is 1.76. The zero-order chi connectivity index (χ0) is 9.80. The highest BCUT2D eigenvalue weighted by Gasteiger charge is 2.29. The first-order chi connectivity index (χ1) is 6.90. The third kappa shape index (κ3) is 2.29. The molecule has 2 fully saturated rings. The summed E-state index contributed by atoms with van der Waals surface area (Å²) in [5.41, 5.74) is 0. The van der Waals surface area contributed by atoms with Crippen LogP contribution in [0.25, 0.3) is 0 Å². The molecule has 78 valence electrons. The fourth-order valence-corrected chi connectivity index (χ4v) is 2.60. The van der Waals surface area contributed by atoms with E-state index in [1.165, 1.54) is 45.6 Å². The molecule has 2 nitrogen and oxygen atoms in total. The topological polar surface area (TPSA) is 6.48 Å². The van der Waals surface area contributed by atoms with Crippen LogP contribution in [-0.4, -0.2) is 48.6 Å². The summed E-state index contributed by atoms with van der Waals surface area (Å²) in [6, 6.07) is 0.860. The van der Waals surface area contributed by atoms with Crippen LogP contribution in [0.3, 0.4) is 0 Å². The minimum absolute atomic E-state index is 0.860. The van der Waals surface area contributed by atoms with Gasteiger partial charge in [-0.1, -0.05) is 0 Å². The fraction of sp³-hybridized carbons (Fsp3) is 0.833. The van der Waals surface area contributed by atoms with Crippen molar-refractivity contribution in [2.24, 2.45) is 0 Å². The van der Waals surface area contributed by atoms with Gasteiger partial charge in [0.1, 0.15) is 0 Å². The first kappa shape index (κ1) is 10.0. The van der Waals surface area contributed by atoms with Crippen LogP contribution >= 0.6 is 0 Å². The predicted octanol–water partition coefficient (Wildman–Crippen LogP) is 1.18. The number of nitrogens with zero attached hydrogens (tertiary/aromatic N) is 2. The maximum Gasteiger partial charge on any atom is 0.0224 e. The highest BCUT2D eigenvalue weighted by molar-refractivity contribution is 4.96. The standard InChI is InChI=1S/C12H20N2/c1-2-3-4-7-13-9-10-14-8-5-6-12(14)11-13/h12H,4-11H2,1H3. The molecule has 1 unspecified atom stereocenters. The van der Waals surface area contributed by atoms with Gasteiger partial charge in [-0.25, -0.2) is 0 Å². The van der Waals surface area contributed by atoms with Gasteiger partial charge in [0.15, 0.2) is 0 Å². The van der Waals surface area contributed by atoms with E-state index in [9.17, 15) is 0 Å². The van der Waals surface area contributed by atoms with E-state index in [1.54, 1.807) is 0 Å². The molecule has 1 atom stereocenters. The van der Waals surface area contributed by atoms with E-state index >= 15 is 0 Å². The number of fused-ring (bicyclic) bond motifs is 1. The molecule has 0 aromatic rings. The highest BCUT2D eigenvalue weighted by atomic mass is 15.3. The van der Waals surface area contributed by atoms with Crippen molar-refractivity contribution in [1.29, 1.82) is 0 Å². The van der Waals surface area contributed by atoms with E-state index < -0.39 is 0 Å². The summed E-state index contributed by atoms with van der Waals surface area (Å²) in [6.07, 6.45) is 3.87. The van der Waals surface area contributed by atoms with Gasteiger partial charge in [0.2, 0.25) is 0 Å². The number of hydrogen-bond acceptors (Lipinski definition) is 2. The molecule has 0 radical (unpaired) electrons. The summed E-state index contributed by atoms with van der Waals surface area (Å²) in [4.78, 5) is 5.23. The molecule has 2 heteroatoms. The van der Waals surface area contributed by atoms with Crippen LogP contribution in [0.15, 0.2) is 0 Å². The summed E-state index contributed by atoms with van der Waals surface area (Å²) in [5.74, 6) is 6.12. The van der Waals surface area contributed by atoms with Crippen LogP contribution in [-0.2, 0) is 0 Å². The Morgan fingerprint density at radius 1 is 1.29 bits per heavy atom. The second kappa shape index (κ2) is 4.82. The van der Waals surface area contributed by atoms with Gasteiger partial charge in [-0.3, -0.25) is 9.80 Å². The summed E-state index contributed by atoms with van der Waals surface area (Å²) in [7, 11) is 0. The molecule has 0 aliphatic carbocycles. The maximum atomic E-state index is 3.15. The Bertz CT molecular complexity index is 238. The molecule has 0 aromatic heterocycles. The monoisotopic (exact) mass is 192 g/mol. The second-order valence-corrected chi connectivity index (χ2v) is 4.31. The quantitative estimate of drug-likeness (QED) is 0.606. The van der Waals surface area contributed by atoms with Crippen LogP contribution in [0.4, 0.5) is 0 Å². The van der Waals surface area contributed by atoms with Crippen LogP contribution in [0.1, 0.15) is 26.2 Å². The summed E-state index contributed by atoms with van der Waals surface area (Å²) < 4.78 is 0. The van der Waals surface area contributed by atoms with E-state index in [-0.39, 0.29) is 0 Å². The van der Waals surface area contributed by atoms with Crippen LogP contribution in [0, 0.1) is 11.8 Å². The molecule has 0 N–H and O–H groups in total. The molecule has 0 saturated carbocycles. The maximum absolute atomic E-state index is 3.15. The minimum atomic E-state index is 0.860. The van der Waals surface area contributed by atoms with Crippen molar-refractivity contribution in [1.82, 2.24) is 9.80 Å². The second-order valence-electron chi connectivity index (χ2n) is 4.31. The van der Waals surface area contributed by atoms with Crippen molar-refractivity contribution in [3.63, 3.8) is 0 Å². The molecule has 2 rings (SSSR count). The van der Waals surface area contributed by atoms with Gasteiger partial charge in [-0.15, -0.1) is 11.8 Å². The van der Waals surface area contributed by atoms with Gasteiger partial charge in [0.25, 0.3) is 0 Å². The average Bonchev–Trinajstić information content (AvgIpc) is 2.65. The molecule has 2 aliphatic heterocycles.